The van der Waals surface area contributed by atoms with Gasteiger partial charge in [-0.2, -0.15) is 0 Å². The first-order valence-corrected chi connectivity index (χ1v) is 9.19. The number of anilines is 1. The number of piperidine rings is 1. The first-order valence-electron chi connectivity index (χ1n) is 9.19. The Labute approximate surface area is 158 Å². The molecular formula is C21H24FN3O2. The first kappa shape index (κ1) is 17.6. The molecule has 2 heterocycles. The Hall–Kier alpha value is -2.76. The van der Waals surface area contributed by atoms with E-state index in [1.54, 1.807) is 20.3 Å². The van der Waals surface area contributed by atoms with E-state index in [1.807, 2.05) is 23.7 Å². The number of benzene rings is 2. The van der Waals surface area contributed by atoms with Crippen molar-refractivity contribution in [3.63, 3.8) is 0 Å². The van der Waals surface area contributed by atoms with E-state index in [0.29, 0.717) is 11.4 Å². The zero-order chi connectivity index (χ0) is 19.0. The highest BCUT2D eigenvalue weighted by Crippen LogP contribution is 2.35. The third-order valence-corrected chi connectivity index (χ3v) is 5.46. The number of fused-ring (bicyclic) bond motifs is 1. The number of aromatic nitrogens is 2. The summed E-state index contributed by atoms with van der Waals surface area (Å²) in [6.07, 6.45) is 2.00. The molecule has 3 aromatic rings. The van der Waals surface area contributed by atoms with Crippen LogP contribution >= 0.6 is 0 Å². The van der Waals surface area contributed by atoms with E-state index in [4.69, 9.17) is 9.47 Å². The summed E-state index contributed by atoms with van der Waals surface area (Å²) in [7, 11) is 5.29. The predicted molar refractivity (Wildman–Crippen MR) is 104 cm³/mol. The molecular weight excluding hydrogens is 345 g/mol. The maximum Gasteiger partial charge on any atom is 0.206 e. The summed E-state index contributed by atoms with van der Waals surface area (Å²) in [6.45, 7) is 1.76. The van der Waals surface area contributed by atoms with Gasteiger partial charge in [0.25, 0.3) is 0 Å². The van der Waals surface area contributed by atoms with Gasteiger partial charge in [0.1, 0.15) is 17.0 Å². The second-order valence-electron chi connectivity index (χ2n) is 6.99. The van der Waals surface area contributed by atoms with Gasteiger partial charge in [0.05, 0.1) is 19.7 Å². The number of aryl methyl sites for hydroxylation is 1. The molecule has 142 valence electrons. The normalized spacial score (nSPS) is 15.3. The summed E-state index contributed by atoms with van der Waals surface area (Å²) in [5.74, 6) is 2.64. The van der Waals surface area contributed by atoms with Crippen molar-refractivity contribution >= 4 is 17.0 Å². The van der Waals surface area contributed by atoms with Crippen LogP contribution in [0, 0.1) is 5.82 Å². The third kappa shape index (κ3) is 3.20. The molecule has 0 atom stereocenters. The third-order valence-electron chi connectivity index (χ3n) is 5.46. The zero-order valence-electron chi connectivity index (χ0n) is 15.9. The van der Waals surface area contributed by atoms with E-state index in [-0.39, 0.29) is 5.82 Å². The number of methoxy groups -OCH3 is 2. The van der Waals surface area contributed by atoms with Gasteiger partial charge in [-0.05, 0) is 48.6 Å². The van der Waals surface area contributed by atoms with Crippen molar-refractivity contribution in [2.24, 2.45) is 7.05 Å². The largest absolute Gasteiger partial charge is 0.497 e. The Morgan fingerprint density at radius 2 is 1.70 bits per heavy atom. The first-order chi connectivity index (χ1) is 13.1. The van der Waals surface area contributed by atoms with Crippen LogP contribution in [0.4, 0.5) is 10.3 Å². The quantitative estimate of drug-likeness (QED) is 0.694. The molecule has 1 aliphatic rings. The average molecular weight is 369 g/mol. The van der Waals surface area contributed by atoms with Crippen LogP contribution in [0.1, 0.15) is 24.3 Å². The minimum absolute atomic E-state index is 0.271. The van der Waals surface area contributed by atoms with E-state index < -0.39 is 0 Å². The maximum atomic E-state index is 14.1. The Bertz CT molecular complexity index is 939. The molecule has 0 N–H and O–H groups in total. The van der Waals surface area contributed by atoms with Gasteiger partial charge >= 0.3 is 0 Å². The Balaban J connectivity index is 1.54. The van der Waals surface area contributed by atoms with Crippen LogP contribution in [-0.4, -0.2) is 36.9 Å². The predicted octanol–water partition coefficient (Wildman–Crippen LogP) is 4.11. The van der Waals surface area contributed by atoms with Gasteiger partial charge in [-0.25, -0.2) is 9.37 Å². The Morgan fingerprint density at radius 3 is 2.30 bits per heavy atom. The van der Waals surface area contributed by atoms with Crippen molar-refractivity contribution < 1.29 is 13.9 Å². The molecule has 0 amide bonds. The van der Waals surface area contributed by atoms with Crippen LogP contribution in [0.5, 0.6) is 11.5 Å². The lowest BCUT2D eigenvalue weighted by molar-refractivity contribution is 0.391. The van der Waals surface area contributed by atoms with Crippen molar-refractivity contribution in [1.82, 2.24) is 9.55 Å². The van der Waals surface area contributed by atoms with Crippen LogP contribution in [0.15, 0.2) is 36.4 Å². The van der Waals surface area contributed by atoms with Gasteiger partial charge in [0.15, 0.2) is 5.82 Å². The number of halogens is 1. The molecule has 1 aliphatic heterocycles. The molecule has 4 rings (SSSR count). The molecule has 2 aromatic carbocycles. The molecule has 1 aromatic heterocycles. The fourth-order valence-corrected chi connectivity index (χ4v) is 3.93. The van der Waals surface area contributed by atoms with Crippen molar-refractivity contribution in [1.29, 1.82) is 0 Å². The lowest BCUT2D eigenvalue weighted by Crippen LogP contribution is -2.34. The van der Waals surface area contributed by atoms with E-state index >= 15 is 0 Å². The molecule has 0 bridgehead atoms. The highest BCUT2D eigenvalue weighted by molar-refractivity contribution is 5.79. The van der Waals surface area contributed by atoms with Gasteiger partial charge in [-0.3, -0.25) is 0 Å². The van der Waals surface area contributed by atoms with E-state index in [2.05, 4.69) is 22.0 Å². The fourth-order valence-electron chi connectivity index (χ4n) is 3.93. The summed E-state index contributed by atoms with van der Waals surface area (Å²) in [5, 5.41) is 0. The summed E-state index contributed by atoms with van der Waals surface area (Å²) < 4.78 is 26.8. The molecule has 0 radical (unpaired) electrons. The van der Waals surface area contributed by atoms with E-state index in [0.717, 1.165) is 48.9 Å². The van der Waals surface area contributed by atoms with Crippen LogP contribution in [-0.2, 0) is 7.05 Å². The minimum Gasteiger partial charge on any atom is -0.497 e. The second-order valence-corrected chi connectivity index (χ2v) is 6.99. The lowest BCUT2D eigenvalue weighted by Gasteiger charge is -2.33. The standard InChI is InChI=1S/C21H24FN3O2/c1-24-19-6-4-5-18(22)20(19)23-21(24)25-9-7-14(8-10-25)15-11-16(26-2)13-17(12-15)27-3/h4-6,11-14H,7-10H2,1-3H3. The number of hydrogen-bond acceptors (Lipinski definition) is 4. The zero-order valence-corrected chi connectivity index (χ0v) is 15.9. The SMILES string of the molecule is COc1cc(OC)cc(C2CCN(c3nc4c(F)cccc4n3C)CC2)c1. The summed E-state index contributed by atoms with van der Waals surface area (Å²) in [5.41, 5.74) is 2.50. The lowest BCUT2D eigenvalue weighted by atomic mass is 9.89. The molecule has 6 heteroatoms. The van der Waals surface area contributed by atoms with Gasteiger partial charge in [-0.15, -0.1) is 0 Å². The topological polar surface area (TPSA) is 39.5 Å². The van der Waals surface area contributed by atoms with Crippen molar-refractivity contribution in [3.8, 4) is 11.5 Å². The number of imidazole rings is 1. The Morgan fingerprint density at radius 1 is 1.04 bits per heavy atom. The smallest absolute Gasteiger partial charge is 0.206 e. The monoisotopic (exact) mass is 369 g/mol. The minimum atomic E-state index is -0.271. The van der Waals surface area contributed by atoms with E-state index in [9.17, 15) is 4.39 Å². The molecule has 0 aliphatic carbocycles. The van der Waals surface area contributed by atoms with Crippen LogP contribution < -0.4 is 14.4 Å². The van der Waals surface area contributed by atoms with Crippen LogP contribution in [0.2, 0.25) is 0 Å². The number of rotatable bonds is 4. The Kier molecular flexibility index (Phi) is 4.64. The molecule has 5 nitrogen and oxygen atoms in total. The number of nitrogens with zero attached hydrogens (tertiary/aromatic N) is 3. The van der Waals surface area contributed by atoms with Crippen molar-refractivity contribution in [2.45, 2.75) is 18.8 Å². The van der Waals surface area contributed by atoms with Crippen LogP contribution in [0.25, 0.3) is 11.0 Å². The number of para-hydroxylation sites is 1. The molecule has 1 fully saturated rings. The maximum absolute atomic E-state index is 14.1. The molecule has 27 heavy (non-hydrogen) atoms. The molecule has 0 saturated carbocycles. The molecule has 1 saturated heterocycles. The summed E-state index contributed by atoms with van der Waals surface area (Å²) in [4.78, 5) is 6.81. The van der Waals surface area contributed by atoms with Crippen molar-refractivity contribution in [3.05, 3.63) is 47.8 Å². The molecule has 0 spiro atoms. The van der Waals surface area contributed by atoms with Gasteiger partial charge in [0, 0.05) is 26.2 Å². The van der Waals surface area contributed by atoms with Crippen LogP contribution in [0.3, 0.4) is 0 Å². The fraction of sp³-hybridized carbons (Fsp3) is 0.381. The summed E-state index contributed by atoms with van der Waals surface area (Å²) in [6, 6.07) is 11.2. The highest BCUT2D eigenvalue weighted by atomic mass is 19.1. The second kappa shape index (κ2) is 7.10. The highest BCUT2D eigenvalue weighted by Gasteiger charge is 2.25. The van der Waals surface area contributed by atoms with Gasteiger partial charge in [0.2, 0.25) is 5.95 Å². The van der Waals surface area contributed by atoms with Crippen molar-refractivity contribution in [2.75, 3.05) is 32.2 Å². The number of ether oxygens (including phenoxy) is 2. The number of hydrogen-bond donors (Lipinski definition) is 0. The van der Waals surface area contributed by atoms with Gasteiger partial charge in [-0.1, -0.05) is 6.07 Å². The summed E-state index contributed by atoms with van der Waals surface area (Å²) >= 11 is 0. The van der Waals surface area contributed by atoms with E-state index in [1.165, 1.54) is 11.6 Å². The average Bonchev–Trinajstić information content (AvgIpc) is 3.06. The van der Waals surface area contributed by atoms with Gasteiger partial charge < -0.3 is 18.9 Å². The molecule has 0 unspecified atom stereocenters.